The van der Waals surface area contributed by atoms with Gasteiger partial charge < -0.3 is 9.47 Å². The molecule has 10 heteroatoms. The standard InChI is InChI=1S/C24H38F6O4/c1-8-19(3,4)15-21(7,20(5,6)9-2)18(32)34-22(12-10-11-13-22)14-16(31)33-17(23(25,26)27)24(28,29)30/h17H,8-15H2,1-7H3. The molecule has 0 aromatic heterocycles. The Balaban J connectivity index is 3.21. The molecule has 0 amide bonds. The van der Waals surface area contributed by atoms with Crippen LogP contribution in [0.4, 0.5) is 26.3 Å². The van der Waals surface area contributed by atoms with Crippen LogP contribution in [0.2, 0.25) is 0 Å². The Kier molecular flexibility index (Phi) is 9.21. The Morgan fingerprint density at radius 3 is 1.71 bits per heavy atom. The number of carbonyl (C=O) groups is 2. The molecular weight excluding hydrogens is 466 g/mol. The summed E-state index contributed by atoms with van der Waals surface area (Å²) in [5.74, 6) is -2.29. The number of rotatable bonds is 10. The zero-order valence-corrected chi connectivity index (χ0v) is 21.1. The molecule has 1 aliphatic carbocycles. The molecule has 34 heavy (non-hydrogen) atoms. The first-order chi connectivity index (χ1) is 15.1. The smallest absolute Gasteiger partial charge is 0.434 e. The largest absolute Gasteiger partial charge is 0.458 e. The van der Waals surface area contributed by atoms with E-state index in [0.717, 1.165) is 6.42 Å². The van der Waals surface area contributed by atoms with Crippen LogP contribution in [0.25, 0.3) is 0 Å². The molecule has 0 radical (unpaired) electrons. The number of alkyl halides is 6. The van der Waals surface area contributed by atoms with Gasteiger partial charge in [-0.1, -0.05) is 48.0 Å². The predicted molar refractivity (Wildman–Crippen MR) is 115 cm³/mol. The predicted octanol–water partition coefficient (Wildman–Crippen LogP) is 7.54. The van der Waals surface area contributed by atoms with Crippen molar-refractivity contribution in [2.24, 2.45) is 16.2 Å². The molecule has 0 saturated heterocycles. The minimum atomic E-state index is -5.80. The number of carbonyl (C=O) groups excluding carboxylic acids is 2. The molecule has 200 valence electrons. The molecule has 0 aliphatic heterocycles. The second-order valence-electron chi connectivity index (χ2n) is 11.2. The van der Waals surface area contributed by atoms with Crippen molar-refractivity contribution in [3.8, 4) is 0 Å². The van der Waals surface area contributed by atoms with E-state index >= 15 is 0 Å². The molecule has 0 bridgehead atoms. The van der Waals surface area contributed by atoms with Gasteiger partial charge in [0, 0.05) is 0 Å². The molecule has 1 saturated carbocycles. The summed E-state index contributed by atoms with van der Waals surface area (Å²) >= 11 is 0. The van der Waals surface area contributed by atoms with E-state index in [1.165, 1.54) is 0 Å². The van der Waals surface area contributed by atoms with Crippen LogP contribution in [-0.2, 0) is 19.1 Å². The molecule has 1 unspecified atom stereocenters. The first-order valence-electron chi connectivity index (χ1n) is 11.7. The van der Waals surface area contributed by atoms with Gasteiger partial charge >= 0.3 is 24.3 Å². The Hall–Kier alpha value is -1.48. The third kappa shape index (κ3) is 7.26. The quantitative estimate of drug-likeness (QED) is 0.228. The SMILES string of the molecule is CCC(C)(C)CC(C)(C(=O)OC1(CC(=O)OC(C(F)(F)F)C(F)(F)F)CCCC1)C(C)(C)CC. The van der Waals surface area contributed by atoms with Gasteiger partial charge in [0.2, 0.25) is 0 Å². The summed E-state index contributed by atoms with van der Waals surface area (Å²) < 4.78 is 86.7. The molecule has 0 N–H and O–H groups in total. The first-order valence-corrected chi connectivity index (χ1v) is 11.7. The lowest BCUT2D eigenvalue weighted by Crippen LogP contribution is -2.50. The Morgan fingerprint density at radius 2 is 1.32 bits per heavy atom. The third-order valence-corrected chi connectivity index (χ3v) is 7.75. The van der Waals surface area contributed by atoms with Gasteiger partial charge in [-0.3, -0.25) is 9.59 Å². The molecule has 0 spiro atoms. The summed E-state index contributed by atoms with van der Waals surface area (Å²) in [5.41, 5.74) is -3.23. The van der Waals surface area contributed by atoms with Crippen molar-refractivity contribution in [3.63, 3.8) is 0 Å². The van der Waals surface area contributed by atoms with Crippen LogP contribution in [-0.4, -0.2) is 36.0 Å². The molecule has 1 atom stereocenters. The highest BCUT2D eigenvalue weighted by Gasteiger charge is 2.60. The first kappa shape index (κ1) is 30.6. The van der Waals surface area contributed by atoms with Gasteiger partial charge in [0.25, 0.3) is 6.10 Å². The summed E-state index contributed by atoms with van der Waals surface area (Å²) in [6.07, 6.45) is -13.4. The highest BCUT2D eigenvalue weighted by Crippen LogP contribution is 2.52. The number of halogens is 6. The lowest BCUT2D eigenvalue weighted by molar-refractivity contribution is -0.314. The van der Waals surface area contributed by atoms with Crippen LogP contribution in [0.15, 0.2) is 0 Å². The number of hydrogen-bond donors (Lipinski definition) is 0. The highest BCUT2D eigenvalue weighted by molar-refractivity contribution is 5.79. The third-order valence-electron chi connectivity index (χ3n) is 7.75. The number of hydrogen-bond acceptors (Lipinski definition) is 4. The summed E-state index contributed by atoms with van der Waals surface area (Å²) in [4.78, 5) is 25.9. The average Bonchev–Trinajstić information content (AvgIpc) is 3.11. The van der Waals surface area contributed by atoms with Crippen molar-refractivity contribution >= 4 is 11.9 Å². The van der Waals surface area contributed by atoms with Crippen molar-refractivity contribution in [1.29, 1.82) is 0 Å². The van der Waals surface area contributed by atoms with Crippen molar-refractivity contribution in [1.82, 2.24) is 0 Å². The average molecular weight is 505 g/mol. The van der Waals surface area contributed by atoms with Gasteiger partial charge in [-0.2, -0.15) is 26.3 Å². The van der Waals surface area contributed by atoms with Crippen LogP contribution in [0.3, 0.4) is 0 Å². The number of ether oxygens (including phenoxy) is 2. The second kappa shape index (κ2) is 10.2. The van der Waals surface area contributed by atoms with E-state index in [4.69, 9.17) is 4.74 Å². The fourth-order valence-corrected chi connectivity index (χ4v) is 4.46. The normalized spacial score (nSPS) is 19.1. The van der Waals surface area contributed by atoms with E-state index in [-0.39, 0.29) is 18.3 Å². The molecule has 0 aromatic carbocycles. The fraction of sp³-hybridized carbons (Fsp3) is 0.917. The molecule has 1 aliphatic rings. The van der Waals surface area contributed by atoms with E-state index in [1.807, 2.05) is 41.5 Å². The van der Waals surface area contributed by atoms with Gasteiger partial charge in [-0.15, -0.1) is 0 Å². The van der Waals surface area contributed by atoms with Gasteiger partial charge in [0.05, 0.1) is 11.8 Å². The Labute approximate surface area is 198 Å². The van der Waals surface area contributed by atoms with Crippen molar-refractivity contribution in [3.05, 3.63) is 0 Å². The van der Waals surface area contributed by atoms with Crippen molar-refractivity contribution in [2.45, 2.75) is 124 Å². The maximum Gasteiger partial charge on any atom is 0.434 e. The van der Waals surface area contributed by atoms with Crippen molar-refractivity contribution < 1.29 is 45.4 Å². The van der Waals surface area contributed by atoms with Crippen LogP contribution in [0, 0.1) is 16.2 Å². The van der Waals surface area contributed by atoms with E-state index in [1.54, 1.807) is 6.92 Å². The van der Waals surface area contributed by atoms with E-state index in [2.05, 4.69) is 4.74 Å². The molecule has 4 nitrogen and oxygen atoms in total. The lowest BCUT2D eigenvalue weighted by atomic mass is 9.58. The molecule has 0 heterocycles. The van der Waals surface area contributed by atoms with E-state index in [9.17, 15) is 35.9 Å². The maximum atomic E-state index is 13.6. The van der Waals surface area contributed by atoms with Crippen molar-refractivity contribution in [2.75, 3.05) is 0 Å². The Morgan fingerprint density at radius 1 is 0.853 bits per heavy atom. The van der Waals surface area contributed by atoms with Gasteiger partial charge in [0.1, 0.15) is 5.60 Å². The van der Waals surface area contributed by atoms with Gasteiger partial charge in [0.15, 0.2) is 0 Å². The molecule has 1 rings (SSSR count). The van der Waals surface area contributed by atoms with Crippen LogP contribution < -0.4 is 0 Å². The van der Waals surface area contributed by atoms with Crippen LogP contribution >= 0.6 is 0 Å². The number of esters is 2. The topological polar surface area (TPSA) is 52.6 Å². The van der Waals surface area contributed by atoms with E-state index in [0.29, 0.717) is 25.7 Å². The zero-order chi connectivity index (χ0) is 26.8. The van der Waals surface area contributed by atoms with Crippen LogP contribution in [0.1, 0.15) is 99.8 Å². The van der Waals surface area contributed by atoms with E-state index < -0.39 is 53.2 Å². The van der Waals surface area contributed by atoms with Gasteiger partial charge in [-0.05, 0) is 56.3 Å². The molecule has 1 fully saturated rings. The Bertz CT molecular complexity index is 706. The minimum absolute atomic E-state index is 0.163. The summed E-state index contributed by atoms with van der Waals surface area (Å²) in [6.45, 7) is 13.6. The summed E-state index contributed by atoms with van der Waals surface area (Å²) in [6, 6.07) is 0. The molecular formula is C24H38F6O4. The van der Waals surface area contributed by atoms with Gasteiger partial charge in [-0.25, -0.2) is 0 Å². The maximum absolute atomic E-state index is 13.6. The molecule has 0 aromatic rings. The fourth-order valence-electron chi connectivity index (χ4n) is 4.46. The second-order valence-corrected chi connectivity index (χ2v) is 11.2. The zero-order valence-electron chi connectivity index (χ0n) is 21.1. The van der Waals surface area contributed by atoms with Crippen LogP contribution in [0.5, 0.6) is 0 Å². The highest BCUT2D eigenvalue weighted by atomic mass is 19.4. The lowest BCUT2D eigenvalue weighted by Gasteiger charge is -2.47. The summed E-state index contributed by atoms with van der Waals surface area (Å²) in [7, 11) is 0. The minimum Gasteiger partial charge on any atom is -0.458 e. The monoisotopic (exact) mass is 504 g/mol. The summed E-state index contributed by atoms with van der Waals surface area (Å²) in [5, 5.41) is 0.